The fraction of sp³-hybridized carbons (Fsp3) is 0.375. The van der Waals surface area contributed by atoms with E-state index in [1.807, 2.05) is 45.9 Å². The van der Waals surface area contributed by atoms with Crippen molar-refractivity contribution in [2.24, 2.45) is 0 Å². The fourth-order valence-electron chi connectivity index (χ4n) is 3.49. The molecule has 32 heavy (non-hydrogen) atoms. The Labute approximate surface area is 188 Å². The van der Waals surface area contributed by atoms with Crippen molar-refractivity contribution in [1.82, 2.24) is 4.90 Å². The number of fused-ring (bicyclic) bond motifs is 1. The predicted octanol–water partition coefficient (Wildman–Crippen LogP) is 2.91. The maximum atomic E-state index is 12.6. The van der Waals surface area contributed by atoms with Crippen LogP contribution >= 0.6 is 0 Å². The Morgan fingerprint density at radius 1 is 1.16 bits per heavy atom. The van der Waals surface area contributed by atoms with Gasteiger partial charge in [-0.25, -0.2) is 0 Å². The van der Waals surface area contributed by atoms with Gasteiger partial charge in [-0.2, -0.15) is 0 Å². The van der Waals surface area contributed by atoms with E-state index >= 15 is 0 Å². The number of aryl methyl sites for hydroxylation is 1. The summed E-state index contributed by atoms with van der Waals surface area (Å²) in [5.74, 6) is 0.360. The van der Waals surface area contributed by atoms with Crippen molar-refractivity contribution < 1.29 is 23.9 Å². The van der Waals surface area contributed by atoms with E-state index in [0.717, 1.165) is 11.1 Å². The molecule has 1 N–H and O–H groups in total. The Balaban J connectivity index is 1.71. The van der Waals surface area contributed by atoms with Crippen LogP contribution in [-0.2, 0) is 14.4 Å². The SMILES string of the molecule is CCN(CC)C(=O)CN1C(=O)COc2ccc(NC(=O)COc3cccc(C)c3C)cc21. The highest BCUT2D eigenvalue weighted by Gasteiger charge is 2.29. The molecule has 2 aromatic rings. The first kappa shape index (κ1) is 23.1. The van der Waals surface area contributed by atoms with Gasteiger partial charge in [0, 0.05) is 18.8 Å². The zero-order valence-electron chi connectivity index (χ0n) is 18.9. The molecule has 0 unspecified atom stereocenters. The summed E-state index contributed by atoms with van der Waals surface area (Å²) in [5.41, 5.74) is 3.01. The number of rotatable bonds is 8. The Kier molecular flexibility index (Phi) is 7.35. The van der Waals surface area contributed by atoms with Crippen LogP contribution < -0.4 is 19.7 Å². The number of nitrogens with zero attached hydrogens (tertiary/aromatic N) is 2. The number of carbonyl (C=O) groups excluding carboxylic acids is 3. The van der Waals surface area contributed by atoms with E-state index in [1.165, 1.54) is 4.90 Å². The zero-order valence-corrected chi connectivity index (χ0v) is 18.9. The van der Waals surface area contributed by atoms with Crippen LogP contribution in [0.15, 0.2) is 36.4 Å². The lowest BCUT2D eigenvalue weighted by molar-refractivity contribution is -0.131. The minimum Gasteiger partial charge on any atom is -0.483 e. The summed E-state index contributed by atoms with van der Waals surface area (Å²) in [7, 11) is 0. The van der Waals surface area contributed by atoms with Gasteiger partial charge >= 0.3 is 0 Å². The Morgan fingerprint density at radius 2 is 1.91 bits per heavy atom. The number of amides is 3. The number of carbonyl (C=O) groups is 3. The van der Waals surface area contributed by atoms with Crippen LogP contribution in [0.2, 0.25) is 0 Å². The molecule has 0 bridgehead atoms. The molecule has 3 rings (SSSR count). The quantitative estimate of drug-likeness (QED) is 0.683. The van der Waals surface area contributed by atoms with Gasteiger partial charge in [-0.1, -0.05) is 12.1 Å². The van der Waals surface area contributed by atoms with Crippen LogP contribution in [0.25, 0.3) is 0 Å². The van der Waals surface area contributed by atoms with Crippen LogP contribution in [0.5, 0.6) is 11.5 Å². The average Bonchev–Trinajstić information content (AvgIpc) is 2.77. The van der Waals surface area contributed by atoms with Crippen molar-refractivity contribution in [2.45, 2.75) is 27.7 Å². The molecule has 0 radical (unpaired) electrons. The third-order valence-corrected chi connectivity index (χ3v) is 5.51. The minimum absolute atomic E-state index is 0.0793. The van der Waals surface area contributed by atoms with Crippen molar-refractivity contribution in [2.75, 3.05) is 43.1 Å². The molecule has 0 aliphatic carbocycles. The molecule has 3 amide bonds. The van der Waals surface area contributed by atoms with Crippen LogP contribution in [0.3, 0.4) is 0 Å². The first-order valence-electron chi connectivity index (χ1n) is 10.7. The number of ether oxygens (including phenoxy) is 2. The molecule has 8 heteroatoms. The van der Waals surface area contributed by atoms with Gasteiger partial charge in [-0.15, -0.1) is 0 Å². The Bertz CT molecular complexity index is 1020. The van der Waals surface area contributed by atoms with Crippen molar-refractivity contribution >= 4 is 29.1 Å². The lowest BCUT2D eigenvalue weighted by atomic mass is 10.1. The second-order valence-corrected chi connectivity index (χ2v) is 7.55. The lowest BCUT2D eigenvalue weighted by Crippen LogP contribution is -2.46. The molecule has 0 saturated carbocycles. The van der Waals surface area contributed by atoms with Gasteiger partial charge in [0.2, 0.25) is 5.91 Å². The number of likely N-dealkylation sites (N-methyl/N-ethyl adjacent to an activating group) is 1. The van der Waals surface area contributed by atoms with Crippen LogP contribution in [0, 0.1) is 13.8 Å². The minimum atomic E-state index is -0.334. The van der Waals surface area contributed by atoms with Gasteiger partial charge < -0.3 is 19.7 Å². The smallest absolute Gasteiger partial charge is 0.265 e. The summed E-state index contributed by atoms with van der Waals surface area (Å²) in [6.45, 7) is 8.48. The number of benzene rings is 2. The standard InChI is InChI=1S/C24H29N3O5/c1-5-26(6-2)23(29)13-27-19-12-18(10-11-21(19)32-15-24(27)30)25-22(28)14-31-20-9-7-8-16(3)17(20)4/h7-12H,5-6,13-15H2,1-4H3,(H,25,28). The Morgan fingerprint density at radius 3 is 2.62 bits per heavy atom. The lowest BCUT2D eigenvalue weighted by Gasteiger charge is -2.31. The highest BCUT2D eigenvalue weighted by Crippen LogP contribution is 2.34. The van der Waals surface area contributed by atoms with E-state index in [1.54, 1.807) is 23.1 Å². The van der Waals surface area contributed by atoms with Crippen LogP contribution in [0.4, 0.5) is 11.4 Å². The topological polar surface area (TPSA) is 88.2 Å². The maximum Gasteiger partial charge on any atom is 0.265 e. The molecule has 1 aliphatic rings. The number of nitrogens with one attached hydrogen (secondary N) is 1. The molecule has 0 atom stereocenters. The molecule has 0 spiro atoms. The molecular weight excluding hydrogens is 410 g/mol. The molecule has 170 valence electrons. The third kappa shape index (κ3) is 5.19. The van der Waals surface area contributed by atoms with Gasteiger partial charge in [0.1, 0.15) is 18.0 Å². The van der Waals surface area contributed by atoms with Crippen LogP contribution in [0.1, 0.15) is 25.0 Å². The van der Waals surface area contributed by atoms with Gasteiger partial charge in [0.25, 0.3) is 11.8 Å². The largest absolute Gasteiger partial charge is 0.483 e. The molecule has 0 aromatic heterocycles. The Hall–Kier alpha value is -3.55. The predicted molar refractivity (Wildman–Crippen MR) is 122 cm³/mol. The first-order valence-corrected chi connectivity index (χ1v) is 10.7. The number of hydrogen-bond donors (Lipinski definition) is 1. The summed E-state index contributed by atoms with van der Waals surface area (Å²) in [5, 5.41) is 2.78. The van der Waals surface area contributed by atoms with Gasteiger partial charge in [0.15, 0.2) is 13.2 Å². The number of anilines is 2. The van der Waals surface area contributed by atoms with Gasteiger partial charge in [-0.05, 0) is 63.1 Å². The van der Waals surface area contributed by atoms with E-state index < -0.39 is 0 Å². The molecular formula is C24H29N3O5. The molecule has 8 nitrogen and oxygen atoms in total. The highest BCUT2D eigenvalue weighted by atomic mass is 16.5. The van der Waals surface area contributed by atoms with Gasteiger partial charge in [-0.3, -0.25) is 19.3 Å². The highest BCUT2D eigenvalue weighted by molar-refractivity contribution is 6.03. The average molecular weight is 440 g/mol. The molecule has 1 aliphatic heterocycles. The molecule has 0 fully saturated rings. The van der Waals surface area contributed by atoms with Crippen molar-refractivity contribution in [3.63, 3.8) is 0 Å². The van der Waals surface area contributed by atoms with Gasteiger partial charge in [0.05, 0.1) is 5.69 Å². The van der Waals surface area contributed by atoms with Crippen LogP contribution in [-0.4, -0.2) is 55.5 Å². The summed E-state index contributed by atoms with van der Waals surface area (Å²) in [6.07, 6.45) is 0. The molecule has 2 aromatic carbocycles. The molecule has 1 heterocycles. The van der Waals surface area contributed by atoms with E-state index in [-0.39, 0.29) is 37.5 Å². The second-order valence-electron chi connectivity index (χ2n) is 7.55. The van der Waals surface area contributed by atoms with Crippen molar-refractivity contribution in [1.29, 1.82) is 0 Å². The van der Waals surface area contributed by atoms with E-state index in [2.05, 4.69) is 5.32 Å². The van der Waals surface area contributed by atoms with E-state index in [0.29, 0.717) is 36.0 Å². The summed E-state index contributed by atoms with van der Waals surface area (Å²) >= 11 is 0. The van der Waals surface area contributed by atoms with E-state index in [9.17, 15) is 14.4 Å². The maximum absolute atomic E-state index is 12.6. The number of hydrogen-bond acceptors (Lipinski definition) is 5. The normalized spacial score (nSPS) is 12.6. The van der Waals surface area contributed by atoms with Crippen molar-refractivity contribution in [3.05, 3.63) is 47.5 Å². The van der Waals surface area contributed by atoms with E-state index in [4.69, 9.17) is 9.47 Å². The second kappa shape index (κ2) is 10.2. The fourth-order valence-corrected chi connectivity index (χ4v) is 3.49. The third-order valence-electron chi connectivity index (χ3n) is 5.51. The van der Waals surface area contributed by atoms with Crippen molar-refractivity contribution in [3.8, 4) is 11.5 Å². The first-order chi connectivity index (χ1) is 15.3. The summed E-state index contributed by atoms with van der Waals surface area (Å²) < 4.78 is 11.2. The monoisotopic (exact) mass is 439 g/mol. The summed E-state index contributed by atoms with van der Waals surface area (Å²) in [4.78, 5) is 40.5. The summed E-state index contributed by atoms with van der Waals surface area (Å²) in [6, 6.07) is 10.7. The molecule has 0 saturated heterocycles. The zero-order chi connectivity index (χ0) is 23.3.